The van der Waals surface area contributed by atoms with Crippen LogP contribution in [-0.4, -0.2) is 42.5 Å². The van der Waals surface area contributed by atoms with Gasteiger partial charge >= 0.3 is 0 Å². The van der Waals surface area contributed by atoms with E-state index in [1.165, 1.54) is 0 Å². The first-order chi connectivity index (χ1) is 16.5. The monoisotopic (exact) mass is 477 g/mol. The highest BCUT2D eigenvalue weighted by atomic mass is 35.5. The fourth-order valence-electron chi connectivity index (χ4n) is 4.63. The van der Waals surface area contributed by atoms with E-state index < -0.39 is 0 Å². The van der Waals surface area contributed by atoms with Crippen LogP contribution in [0.5, 0.6) is 5.75 Å². The van der Waals surface area contributed by atoms with Crippen molar-refractivity contribution in [1.29, 1.82) is 0 Å². The van der Waals surface area contributed by atoms with Crippen molar-refractivity contribution in [3.05, 3.63) is 93.8 Å². The lowest BCUT2D eigenvalue weighted by molar-refractivity contribution is 0.0951. The minimum atomic E-state index is -0.0594. The summed E-state index contributed by atoms with van der Waals surface area (Å²) in [6.07, 6.45) is 2.66. The molecule has 6 heteroatoms. The highest BCUT2D eigenvalue weighted by molar-refractivity contribution is 6.31. The maximum atomic E-state index is 13.1. The van der Waals surface area contributed by atoms with Crippen LogP contribution in [0.25, 0.3) is 0 Å². The van der Waals surface area contributed by atoms with E-state index in [2.05, 4.69) is 16.3 Å². The predicted molar refractivity (Wildman–Crippen MR) is 137 cm³/mol. The number of nitrogens with zero attached hydrogens (tertiary/aromatic N) is 2. The molecule has 1 fully saturated rings. The van der Waals surface area contributed by atoms with Gasteiger partial charge in [-0.05, 0) is 74.7 Å². The van der Waals surface area contributed by atoms with Crippen LogP contribution in [0.15, 0.2) is 60.7 Å². The molecule has 4 rings (SSSR count). The number of amides is 1. The molecule has 1 N–H and O–H groups in total. The summed E-state index contributed by atoms with van der Waals surface area (Å²) in [5.41, 5.74) is 4.80. The van der Waals surface area contributed by atoms with E-state index in [-0.39, 0.29) is 11.8 Å². The van der Waals surface area contributed by atoms with Gasteiger partial charge in [0.25, 0.3) is 5.91 Å². The Morgan fingerprint density at radius 1 is 1.06 bits per heavy atom. The topological polar surface area (TPSA) is 54.5 Å². The Morgan fingerprint density at radius 3 is 2.50 bits per heavy atom. The van der Waals surface area contributed by atoms with Gasteiger partial charge in [0, 0.05) is 29.7 Å². The third-order valence-corrected chi connectivity index (χ3v) is 6.88. The van der Waals surface area contributed by atoms with Gasteiger partial charge < -0.3 is 10.1 Å². The third kappa shape index (κ3) is 5.96. The highest BCUT2D eigenvalue weighted by Gasteiger charge is 2.26. The van der Waals surface area contributed by atoms with Gasteiger partial charge in [-0.2, -0.15) is 0 Å². The second-order valence-electron chi connectivity index (χ2n) is 8.85. The zero-order valence-electron chi connectivity index (χ0n) is 19.9. The van der Waals surface area contributed by atoms with E-state index in [1.807, 2.05) is 61.5 Å². The number of benzene rings is 2. The maximum absolute atomic E-state index is 13.1. The lowest BCUT2D eigenvalue weighted by Gasteiger charge is -2.32. The molecule has 0 radical (unpaired) electrons. The third-order valence-electron chi connectivity index (χ3n) is 6.51. The van der Waals surface area contributed by atoms with Gasteiger partial charge in [0.05, 0.1) is 18.4 Å². The molecule has 2 aromatic carbocycles. The zero-order chi connectivity index (χ0) is 23.9. The summed E-state index contributed by atoms with van der Waals surface area (Å²) in [4.78, 5) is 20.3. The molecule has 1 aromatic heterocycles. The normalized spacial score (nSPS) is 14.7. The smallest absolute Gasteiger partial charge is 0.253 e. The highest BCUT2D eigenvalue weighted by Crippen LogP contribution is 2.31. The van der Waals surface area contributed by atoms with Gasteiger partial charge in [0.15, 0.2) is 0 Å². The standard InChI is InChI=1S/C28H32ClN3O2/c1-20-11-12-24(28(33)30-16-13-21-7-4-6-10-26(21)34-2)27(31-20)22-14-17-32(18-15-22)19-23-8-3-5-9-25(23)29/h3-12,22H,13-19H2,1-2H3,(H,30,33). The van der Waals surface area contributed by atoms with Gasteiger partial charge in [0.1, 0.15) is 5.75 Å². The maximum Gasteiger partial charge on any atom is 0.253 e. The number of hydrogen-bond acceptors (Lipinski definition) is 4. The van der Waals surface area contributed by atoms with Crippen LogP contribution in [0, 0.1) is 6.92 Å². The summed E-state index contributed by atoms with van der Waals surface area (Å²) in [5, 5.41) is 3.90. The minimum absolute atomic E-state index is 0.0594. The molecular weight excluding hydrogens is 446 g/mol. The average Bonchev–Trinajstić information content (AvgIpc) is 2.86. The molecule has 34 heavy (non-hydrogen) atoms. The van der Waals surface area contributed by atoms with Gasteiger partial charge in [-0.3, -0.25) is 14.7 Å². The Bertz CT molecular complexity index is 1130. The predicted octanol–water partition coefficient (Wildman–Crippen LogP) is 5.40. The number of hydrogen-bond donors (Lipinski definition) is 1. The van der Waals surface area contributed by atoms with Gasteiger partial charge in [0.2, 0.25) is 0 Å². The lowest BCUT2D eigenvalue weighted by Crippen LogP contribution is -2.34. The Kier molecular flexibility index (Phi) is 8.20. The number of carbonyl (C=O) groups is 1. The van der Waals surface area contributed by atoms with Crippen LogP contribution in [0.3, 0.4) is 0 Å². The van der Waals surface area contributed by atoms with Crippen LogP contribution in [-0.2, 0) is 13.0 Å². The zero-order valence-corrected chi connectivity index (χ0v) is 20.6. The molecular formula is C28H32ClN3O2. The van der Waals surface area contributed by atoms with E-state index >= 15 is 0 Å². The molecule has 5 nitrogen and oxygen atoms in total. The van der Waals surface area contributed by atoms with Crippen LogP contribution >= 0.6 is 11.6 Å². The number of likely N-dealkylation sites (tertiary alicyclic amines) is 1. The number of nitrogens with one attached hydrogen (secondary N) is 1. The van der Waals surface area contributed by atoms with Crippen LogP contribution in [0.4, 0.5) is 0 Å². The number of rotatable bonds is 8. The number of aryl methyl sites for hydroxylation is 1. The molecule has 2 heterocycles. The second kappa shape index (κ2) is 11.5. The number of piperidine rings is 1. The van der Waals surface area contributed by atoms with Crippen molar-refractivity contribution in [3.63, 3.8) is 0 Å². The van der Waals surface area contributed by atoms with Crippen molar-refractivity contribution < 1.29 is 9.53 Å². The Hall–Kier alpha value is -2.89. The largest absolute Gasteiger partial charge is 0.496 e. The Labute approximate surface area is 207 Å². The number of methoxy groups -OCH3 is 1. The molecule has 0 bridgehead atoms. The first kappa shape index (κ1) is 24.2. The summed E-state index contributed by atoms with van der Waals surface area (Å²) in [7, 11) is 1.67. The number of aromatic nitrogens is 1. The van der Waals surface area contributed by atoms with Crippen LogP contribution in [0.1, 0.15) is 51.6 Å². The van der Waals surface area contributed by atoms with Crippen LogP contribution in [0.2, 0.25) is 5.02 Å². The summed E-state index contributed by atoms with van der Waals surface area (Å²) in [6, 6.07) is 19.8. The van der Waals surface area contributed by atoms with Gasteiger partial charge in [-0.1, -0.05) is 48.0 Å². The van der Waals surface area contributed by atoms with Crippen molar-refractivity contribution >= 4 is 17.5 Å². The van der Waals surface area contributed by atoms with Crippen molar-refractivity contribution in [1.82, 2.24) is 15.2 Å². The molecule has 1 amide bonds. The summed E-state index contributed by atoms with van der Waals surface area (Å²) >= 11 is 6.35. The number of carbonyl (C=O) groups excluding carboxylic acids is 1. The van der Waals surface area contributed by atoms with E-state index in [0.717, 1.165) is 65.8 Å². The van der Waals surface area contributed by atoms with E-state index in [4.69, 9.17) is 21.3 Å². The lowest BCUT2D eigenvalue weighted by atomic mass is 9.89. The first-order valence-electron chi connectivity index (χ1n) is 11.9. The van der Waals surface area contributed by atoms with E-state index in [1.54, 1.807) is 7.11 Å². The fourth-order valence-corrected chi connectivity index (χ4v) is 4.82. The Balaban J connectivity index is 1.38. The molecule has 0 unspecified atom stereocenters. The van der Waals surface area contributed by atoms with E-state index in [0.29, 0.717) is 18.5 Å². The number of ether oxygens (including phenoxy) is 1. The van der Waals surface area contributed by atoms with Crippen LogP contribution < -0.4 is 10.1 Å². The summed E-state index contributed by atoms with van der Waals surface area (Å²) in [5.74, 6) is 1.06. The van der Waals surface area contributed by atoms with Gasteiger partial charge in [-0.25, -0.2) is 0 Å². The SMILES string of the molecule is COc1ccccc1CCNC(=O)c1ccc(C)nc1C1CCN(Cc2ccccc2Cl)CC1. The van der Waals surface area contributed by atoms with E-state index in [9.17, 15) is 4.79 Å². The summed E-state index contributed by atoms with van der Waals surface area (Å²) < 4.78 is 5.42. The van der Waals surface area contributed by atoms with Gasteiger partial charge in [-0.15, -0.1) is 0 Å². The molecule has 1 saturated heterocycles. The first-order valence-corrected chi connectivity index (χ1v) is 12.3. The molecule has 0 aliphatic carbocycles. The van der Waals surface area contributed by atoms with Crippen molar-refractivity contribution in [2.24, 2.45) is 0 Å². The summed E-state index contributed by atoms with van der Waals surface area (Å²) in [6.45, 7) is 5.30. The number of halogens is 1. The molecule has 3 aromatic rings. The van der Waals surface area contributed by atoms with Crippen molar-refractivity contribution in [2.45, 2.75) is 38.6 Å². The van der Waals surface area contributed by atoms with Crippen molar-refractivity contribution in [3.8, 4) is 5.75 Å². The Morgan fingerprint density at radius 2 is 1.76 bits per heavy atom. The van der Waals surface area contributed by atoms with Crippen molar-refractivity contribution in [2.75, 3.05) is 26.7 Å². The molecule has 1 aliphatic heterocycles. The average molecular weight is 478 g/mol. The molecule has 1 aliphatic rings. The fraction of sp³-hybridized carbons (Fsp3) is 0.357. The molecule has 0 spiro atoms. The minimum Gasteiger partial charge on any atom is -0.496 e. The molecule has 178 valence electrons. The quantitative estimate of drug-likeness (QED) is 0.471. The second-order valence-corrected chi connectivity index (χ2v) is 9.25. The molecule has 0 saturated carbocycles. The number of pyridine rings is 1. The number of para-hydroxylation sites is 1. The molecule has 0 atom stereocenters.